The second-order valence-electron chi connectivity index (χ2n) is 7.64. The van der Waals surface area contributed by atoms with Crippen molar-refractivity contribution in [3.63, 3.8) is 0 Å². The molecule has 1 aliphatic heterocycles. The van der Waals surface area contributed by atoms with Gasteiger partial charge in [-0.1, -0.05) is 6.07 Å². The third kappa shape index (κ3) is 3.94. The number of nitrogens with zero attached hydrogens (tertiary/aromatic N) is 1. The largest absolute Gasteiger partial charge is 0.507 e. The number of hydrogen-bond donors (Lipinski definition) is 1. The number of anilines is 1. The summed E-state index contributed by atoms with van der Waals surface area (Å²) >= 11 is 0. The van der Waals surface area contributed by atoms with Crippen LogP contribution < -0.4 is 9.64 Å². The normalized spacial score (nSPS) is 17.1. The molecule has 2 aromatic carbocycles. The van der Waals surface area contributed by atoms with E-state index in [9.17, 15) is 19.5 Å². The lowest BCUT2D eigenvalue weighted by molar-refractivity contribution is -0.132. The zero-order valence-electron chi connectivity index (χ0n) is 18.9. The summed E-state index contributed by atoms with van der Waals surface area (Å²) in [6.45, 7) is 4.18. The molecule has 0 saturated carbocycles. The molecule has 8 nitrogen and oxygen atoms in total. The maximum Gasteiger partial charge on any atom is 0.337 e. The SMILES string of the molecule is CCOc1ccc(/C(O)=C2/C(=O)C(=O)N(c3cccc(C(=O)OC)c3)C2c2ccco2)cc1C. The Hall–Kier alpha value is -4.33. The molecule has 1 N–H and O–H groups in total. The molecule has 8 heteroatoms. The van der Waals surface area contributed by atoms with Gasteiger partial charge in [0.15, 0.2) is 0 Å². The fourth-order valence-corrected chi connectivity index (χ4v) is 3.99. The number of aryl methyl sites for hydroxylation is 1. The molecule has 1 amide bonds. The predicted molar refractivity (Wildman–Crippen MR) is 124 cm³/mol. The highest BCUT2D eigenvalue weighted by molar-refractivity contribution is 6.51. The van der Waals surface area contributed by atoms with Crippen LogP contribution in [0.4, 0.5) is 5.69 Å². The number of aliphatic hydroxyl groups excluding tert-OH is 1. The van der Waals surface area contributed by atoms with Gasteiger partial charge in [0.25, 0.3) is 11.7 Å². The molecule has 1 aliphatic rings. The fourth-order valence-electron chi connectivity index (χ4n) is 3.99. The summed E-state index contributed by atoms with van der Waals surface area (Å²) in [6, 6.07) is 13.4. The number of carbonyl (C=O) groups excluding carboxylic acids is 3. The maximum absolute atomic E-state index is 13.2. The Balaban J connectivity index is 1.87. The zero-order chi connectivity index (χ0) is 24.4. The van der Waals surface area contributed by atoms with Crippen LogP contribution in [0, 0.1) is 6.92 Å². The number of amides is 1. The van der Waals surface area contributed by atoms with E-state index >= 15 is 0 Å². The topological polar surface area (TPSA) is 106 Å². The second-order valence-corrected chi connectivity index (χ2v) is 7.64. The van der Waals surface area contributed by atoms with E-state index < -0.39 is 23.7 Å². The van der Waals surface area contributed by atoms with Crippen LogP contribution in [0.2, 0.25) is 0 Å². The van der Waals surface area contributed by atoms with Crippen LogP contribution in [0.1, 0.15) is 40.2 Å². The zero-order valence-corrected chi connectivity index (χ0v) is 18.9. The molecular weight excluding hydrogens is 438 g/mol. The third-order valence-electron chi connectivity index (χ3n) is 5.55. The van der Waals surface area contributed by atoms with Crippen molar-refractivity contribution in [2.45, 2.75) is 19.9 Å². The summed E-state index contributed by atoms with van der Waals surface area (Å²) in [5, 5.41) is 11.2. The first kappa shape index (κ1) is 22.8. The molecule has 34 heavy (non-hydrogen) atoms. The van der Waals surface area contributed by atoms with Crippen molar-refractivity contribution in [2.24, 2.45) is 0 Å². The van der Waals surface area contributed by atoms with Gasteiger partial charge in [-0.2, -0.15) is 0 Å². The molecule has 4 rings (SSSR count). The molecule has 0 spiro atoms. The average Bonchev–Trinajstić information content (AvgIpc) is 3.46. The molecule has 1 unspecified atom stereocenters. The Bertz CT molecular complexity index is 1290. The van der Waals surface area contributed by atoms with E-state index in [1.807, 2.05) is 13.8 Å². The molecular formula is C26H23NO7. The van der Waals surface area contributed by atoms with Crippen LogP contribution in [0.25, 0.3) is 5.76 Å². The number of benzene rings is 2. The van der Waals surface area contributed by atoms with Crippen LogP contribution in [0.5, 0.6) is 5.75 Å². The van der Waals surface area contributed by atoms with Crippen molar-refractivity contribution in [3.8, 4) is 5.75 Å². The highest BCUT2D eigenvalue weighted by Crippen LogP contribution is 2.42. The lowest BCUT2D eigenvalue weighted by Crippen LogP contribution is -2.29. The Morgan fingerprint density at radius 2 is 1.88 bits per heavy atom. The quantitative estimate of drug-likeness (QED) is 0.251. The molecule has 0 radical (unpaired) electrons. The van der Waals surface area contributed by atoms with Crippen molar-refractivity contribution < 1.29 is 33.4 Å². The first-order valence-corrected chi connectivity index (χ1v) is 10.6. The summed E-state index contributed by atoms with van der Waals surface area (Å²) in [7, 11) is 1.25. The lowest BCUT2D eigenvalue weighted by atomic mass is 9.98. The summed E-state index contributed by atoms with van der Waals surface area (Å²) in [5.74, 6) is -1.70. The van der Waals surface area contributed by atoms with E-state index in [0.29, 0.717) is 17.9 Å². The Kier molecular flexibility index (Phi) is 6.23. The highest BCUT2D eigenvalue weighted by atomic mass is 16.5. The minimum Gasteiger partial charge on any atom is -0.507 e. The molecule has 1 aromatic heterocycles. The first-order chi connectivity index (χ1) is 16.4. The summed E-state index contributed by atoms with van der Waals surface area (Å²) in [4.78, 5) is 39.6. The van der Waals surface area contributed by atoms with Crippen LogP contribution in [-0.2, 0) is 14.3 Å². The molecule has 1 saturated heterocycles. The monoisotopic (exact) mass is 461 g/mol. The molecule has 3 aromatic rings. The Morgan fingerprint density at radius 3 is 2.53 bits per heavy atom. The molecule has 0 aliphatic carbocycles. The van der Waals surface area contributed by atoms with Gasteiger partial charge in [0.05, 0.1) is 31.1 Å². The summed E-state index contributed by atoms with van der Waals surface area (Å²) in [6.07, 6.45) is 1.42. The van der Waals surface area contributed by atoms with Crippen LogP contribution >= 0.6 is 0 Å². The number of rotatable bonds is 6. The number of esters is 1. The molecule has 0 bridgehead atoms. The first-order valence-electron chi connectivity index (χ1n) is 10.6. The van der Waals surface area contributed by atoms with Crippen LogP contribution in [-0.4, -0.2) is 36.5 Å². The predicted octanol–water partition coefficient (Wildman–Crippen LogP) is 4.40. The van der Waals surface area contributed by atoms with Crippen molar-refractivity contribution in [3.05, 3.63) is 88.9 Å². The molecule has 174 valence electrons. The average molecular weight is 461 g/mol. The molecule has 1 atom stereocenters. The number of aliphatic hydroxyl groups is 1. The van der Waals surface area contributed by atoms with E-state index in [1.165, 1.54) is 30.4 Å². The van der Waals surface area contributed by atoms with Crippen molar-refractivity contribution >= 4 is 29.1 Å². The van der Waals surface area contributed by atoms with Gasteiger partial charge < -0.3 is 19.0 Å². The molecule has 2 heterocycles. The van der Waals surface area contributed by atoms with E-state index in [0.717, 1.165) is 5.56 Å². The molecule has 1 fully saturated rings. The number of carbonyl (C=O) groups is 3. The maximum atomic E-state index is 13.2. The van der Waals surface area contributed by atoms with Gasteiger partial charge in [0.1, 0.15) is 23.3 Å². The number of hydrogen-bond acceptors (Lipinski definition) is 7. The smallest absolute Gasteiger partial charge is 0.337 e. The third-order valence-corrected chi connectivity index (χ3v) is 5.55. The number of ether oxygens (including phenoxy) is 2. The van der Waals surface area contributed by atoms with Gasteiger partial charge >= 0.3 is 5.97 Å². The van der Waals surface area contributed by atoms with Gasteiger partial charge in [0.2, 0.25) is 0 Å². The number of methoxy groups -OCH3 is 1. The van der Waals surface area contributed by atoms with E-state index in [-0.39, 0.29) is 28.3 Å². The van der Waals surface area contributed by atoms with Crippen LogP contribution in [0.3, 0.4) is 0 Å². The fraction of sp³-hybridized carbons (Fsp3) is 0.192. The number of ketones is 1. The minimum atomic E-state index is -1.03. The standard InChI is InChI=1S/C26H23NO7/c1-4-33-19-11-10-16(13-15(19)2)23(28)21-22(20-9-6-12-34-20)27(25(30)24(21)29)18-8-5-7-17(14-18)26(31)32-3/h5-14,22,28H,4H2,1-3H3/b23-21-. The van der Waals surface area contributed by atoms with Crippen molar-refractivity contribution in [1.82, 2.24) is 0 Å². The number of Topliss-reactive ketones (excluding diaryl/α,β-unsaturated/α-hetero) is 1. The van der Waals surface area contributed by atoms with E-state index in [1.54, 1.807) is 42.5 Å². The highest BCUT2D eigenvalue weighted by Gasteiger charge is 2.48. The van der Waals surface area contributed by atoms with Gasteiger partial charge in [-0.05, 0) is 67.9 Å². The van der Waals surface area contributed by atoms with E-state index in [4.69, 9.17) is 13.9 Å². The minimum absolute atomic E-state index is 0.119. The van der Waals surface area contributed by atoms with E-state index in [2.05, 4.69) is 0 Å². The summed E-state index contributed by atoms with van der Waals surface area (Å²) < 4.78 is 15.9. The Labute approximate surface area is 196 Å². The number of furan rings is 1. The van der Waals surface area contributed by atoms with Crippen LogP contribution in [0.15, 0.2) is 70.9 Å². The second kappa shape index (κ2) is 9.27. The van der Waals surface area contributed by atoms with Gasteiger partial charge in [-0.15, -0.1) is 0 Å². The summed E-state index contributed by atoms with van der Waals surface area (Å²) in [5.41, 5.74) is 1.50. The van der Waals surface area contributed by atoms with Gasteiger partial charge in [0, 0.05) is 11.3 Å². The Morgan fingerprint density at radius 1 is 1.09 bits per heavy atom. The van der Waals surface area contributed by atoms with Gasteiger partial charge in [-0.3, -0.25) is 14.5 Å². The van der Waals surface area contributed by atoms with Crippen molar-refractivity contribution in [2.75, 3.05) is 18.6 Å². The van der Waals surface area contributed by atoms with Crippen molar-refractivity contribution in [1.29, 1.82) is 0 Å². The lowest BCUT2D eigenvalue weighted by Gasteiger charge is -2.23. The van der Waals surface area contributed by atoms with Gasteiger partial charge in [-0.25, -0.2) is 4.79 Å².